The van der Waals surface area contributed by atoms with E-state index in [2.05, 4.69) is 4.74 Å². The Labute approximate surface area is 101 Å². The SMILES string of the molecule is COCC(=O)Cc1ccc([N+](=O)[O-])cc1[N+](=O)[O-]. The fourth-order valence-electron chi connectivity index (χ4n) is 1.41. The van der Waals surface area contributed by atoms with Crippen molar-refractivity contribution in [3.63, 3.8) is 0 Å². The van der Waals surface area contributed by atoms with E-state index < -0.39 is 15.5 Å². The van der Waals surface area contributed by atoms with Gasteiger partial charge in [0, 0.05) is 25.2 Å². The van der Waals surface area contributed by atoms with Crippen LogP contribution in [0.25, 0.3) is 0 Å². The highest BCUT2D eigenvalue weighted by Crippen LogP contribution is 2.25. The Bertz CT molecular complexity index is 499. The van der Waals surface area contributed by atoms with Crippen molar-refractivity contribution in [2.24, 2.45) is 0 Å². The lowest BCUT2D eigenvalue weighted by Crippen LogP contribution is -2.11. The molecule has 0 aliphatic carbocycles. The molecule has 0 amide bonds. The van der Waals surface area contributed by atoms with E-state index in [0.717, 1.165) is 12.1 Å². The van der Waals surface area contributed by atoms with E-state index in [1.807, 2.05) is 0 Å². The molecule has 0 bridgehead atoms. The average molecular weight is 254 g/mol. The molecule has 0 aromatic heterocycles. The number of benzene rings is 1. The van der Waals surface area contributed by atoms with Crippen LogP contribution in [0, 0.1) is 20.2 Å². The van der Waals surface area contributed by atoms with E-state index >= 15 is 0 Å². The van der Waals surface area contributed by atoms with Crippen molar-refractivity contribution in [2.75, 3.05) is 13.7 Å². The lowest BCUT2D eigenvalue weighted by atomic mass is 10.1. The normalized spacial score (nSPS) is 10.1. The second kappa shape index (κ2) is 5.82. The van der Waals surface area contributed by atoms with Crippen LogP contribution >= 0.6 is 0 Å². The van der Waals surface area contributed by atoms with Gasteiger partial charge in [0.05, 0.1) is 15.9 Å². The molecule has 8 nitrogen and oxygen atoms in total. The molecule has 0 heterocycles. The van der Waals surface area contributed by atoms with Gasteiger partial charge >= 0.3 is 0 Å². The van der Waals surface area contributed by atoms with Gasteiger partial charge < -0.3 is 4.74 Å². The number of nitrogens with zero attached hydrogens (tertiary/aromatic N) is 2. The Morgan fingerprint density at radius 1 is 1.28 bits per heavy atom. The Morgan fingerprint density at radius 3 is 2.44 bits per heavy atom. The van der Waals surface area contributed by atoms with Crippen LogP contribution in [-0.4, -0.2) is 29.3 Å². The van der Waals surface area contributed by atoms with Crippen LogP contribution in [0.5, 0.6) is 0 Å². The third-order valence-corrected chi connectivity index (χ3v) is 2.17. The number of nitro groups is 2. The van der Waals surface area contributed by atoms with Crippen molar-refractivity contribution in [1.29, 1.82) is 0 Å². The highest BCUT2D eigenvalue weighted by Gasteiger charge is 2.20. The van der Waals surface area contributed by atoms with E-state index in [4.69, 9.17) is 0 Å². The summed E-state index contributed by atoms with van der Waals surface area (Å²) in [5.74, 6) is -0.338. The Balaban J connectivity index is 3.08. The fraction of sp³-hybridized carbons (Fsp3) is 0.300. The van der Waals surface area contributed by atoms with E-state index in [1.165, 1.54) is 13.2 Å². The Morgan fingerprint density at radius 2 is 1.94 bits per heavy atom. The predicted molar refractivity (Wildman–Crippen MR) is 60.3 cm³/mol. The van der Waals surface area contributed by atoms with Crippen molar-refractivity contribution in [3.8, 4) is 0 Å². The molecule has 0 unspecified atom stereocenters. The number of hydrogen-bond acceptors (Lipinski definition) is 6. The van der Waals surface area contributed by atoms with Gasteiger partial charge in [-0.2, -0.15) is 0 Å². The summed E-state index contributed by atoms with van der Waals surface area (Å²) in [6, 6.07) is 3.18. The van der Waals surface area contributed by atoms with Crippen molar-refractivity contribution in [3.05, 3.63) is 44.0 Å². The van der Waals surface area contributed by atoms with Crippen LogP contribution in [0.3, 0.4) is 0 Å². The van der Waals surface area contributed by atoms with Crippen LogP contribution in [0.2, 0.25) is 0 Å². The third-order valence-electron chi connectivity index (χ3n) is 2.17. The molecule has 18 heavy (non-hydrogen) atoms. The van der Waals surface area contributed by atoms with Gasteiger partial charge in [-0.05, 0) is 6.07 Å². The van der Waals surface area contributed by atoms with E-state index in [0.29, 0.717) is 0 Å². The smallest absolute Gasteiger partial charge is 0.279 e. The number of Topliss-reactive ketones (excluding diaryl/α,β-unsaturated/α-hetero) is 1. The lowest BCUT2D eigenvalue weighted by molar-refractivity contribution is -0.394. The molecule has 1 rings (SSSR count). The summed E-state index contributed by atoms with van der Waals surface area (Å²) in [5.41, 5.74) is -0.689. The van der Waals surface area contributed by atoms with Gasteiger partial charge in [-0.25, -0.2) is 0 Å². The molecule has 1 aromatic rings. The van der Waals surface area contributed by atoms with Crippen molar-refractivity contribution >= 4 is 17.2 Å². The zero-order chi connectivity index (χ0) is 13.7. The summed E-state index contributed by atoms with van der Waals surface area (Å²) in [6.07, 6.45) is -0.192. The van der Waals surface area contributed by atoms with Gasteiger partial charge in [0.25, 0.3) is 11.4 Å². The highest BCUT2D eigenvalue weighted by atomic mass is 16.6. The number of ketones is 1. The van der Waals surface area contributed by atoms with Crippen LogP contribution in [-0.2, 0) is 16.0 Å². The molecule has 0 spiro atoms. The van der Waals surface area contributed by atoms with E-state index in [1.54, 1.807) is 0 Å². The first-order valence-corrected chi connectivity index (χ1v) is 4.88. The van der Waals surface area contributed by atoms with Crippen LogP contribution < -0.4 is 0 Å². The number of methoxy groups -OCH3 is 1. The van der Waals surface area contributed by atoms with E-state index in [-0.39, 0.29) is 30.1 Å². The molecule has 96 valence electrons. The van der Waals surface area contributed by atoms with Crippen LogP contribution in [0.4, 0.5) is 11.4 Å². The largest absolute Gasteiger partial charge is 0.377 e. The predicted octanol–water partition coefficient (Wildman–Crippen LogP) is 1.26. The number of nitro benzene ring substituents is 2. The Hall–Kier alpha value is -2.35. The highest BCUT2D eigenvalue weighted by molar-refractivity contribution is 5.83. The maximum Gasteiger partial charge on any atom is 0.279 e. The summed E-state index contributed by atoms with van der Waals surface area (Å²) in [7, 11) is 1.34. The van der Waals surface area contributed by atoms with E-state index in [9.17, 15) is 25.0 Å². The van der Waals surface area contributed by atoms with Crippen molar-refractivity contribution in [1.82, 2.24) is 0 Å². The summed E-state index contributed by atoms with van der Waals surface area (Å²) in [5, 5.41) is 21.3. The number of ether oxygens (including phenoxy) is 1. The minimum absolute atomic E-state index is 0.132. The average Bonchev–Trinajstić information content (AvgIpc) is 2.29. The summed E-state index contributed by atoms with van der Waals surface area (Å²) in [6.45, 7) is -0.159. The molecule has 8 heteroatoms. The first-order chi connectivity index (χ1) is 8.45. The zero-order valence-corrected chi connectivity index (χ0v) is 9.49. The monoisotopic (exact) mass is 254 g/mol. The van der Waals surface area contributed by atoms with Gasteiger partial charge in [0.15, 0.2) is 5.78 Å². The minimum atomic E-state index is -0.748. The molecule has 1 aromatic carbocycles. The Kier molecular flexibility index (Phi) is 4.44. The maximum absolute atomic E-state index is 11.3. The topological polar surface area (TPSA) is 113 Å². The number of carbonyl (C=O) groups is 1. The summed E-state index contributed by atoms with van der Waals surface area (Å²) >= 11 is 0. The van der Waals surface area contributed by atoms with Gasteiger partial charge in [-0.3, -0.25) is 25.0 Å². The first-order valence-electron chi connectivity index (χ1n) is 4.88. The number of non-ortho nitro benzene ring substituents is 1. The van der Waals surface area contributed by atoms with Gasteiger partial charge in [-0.15, -0.1) is 0 Å². The number of hydrogen-bond donors (Lipinski definition) is 0. The molecule has 0 atom stereocenters. The number of rotatable bonds is 6. The maximum atomic E-state index is 11.3. The molecule has 0 saturated carbocycles. The quantitative estimate of drug-likeness (QED) is 0.557. The molecule has 0 aliphatic rings. The van der Waals surface area contributed by atoms with Crippen molar-refractivity contribution < 1.29 is 19.4 Å². The zero-order valence-electron chi connectivity index (χ0n) is 9.49. The second-order valence-corrected chi connectivity index (χ2v) is 3.48. The molecule has 0 radical (unpaired) electrons. The molecule has 0 N–H and O–H groups in total. The van der Waals surface area contributed by atoms with Gasteiger partial charge in [0.1, 0.15) is 6.61 Å². The van der Waals surface area contributed by atoms with Crippen LogP contribution in [0.1, 0.15) is 5.56 Å². The van der Waals surface area contributed by atoms with Gasteiger partial charge in [-0.1, -0.05) is 0 Å². The first kappa shape index (κ1) is 13.7. The molecular formula is C10H10N2O6. The van der Waals surface area contributed by atoms with Crippen LogP contribution in [0.15, 0.2) is 18.2 Å². The minimum Gasteiger partial charge on any atom is -0.377 e. The second-order valence-electron chi connectivity index (χ2n) is 3.48. The van der Waals surface area contributed by atoms with Gasteiger partial charge in [0.2, 0.25) is 0 Å². The lowest BCUT2D eigenvalue weighted by Gasteiger charge is -2.02. The third kappa shape index (κ3) is 3.32. The number of carbonyl (C=O) groups excluding carboxylic acids is 1. The fourth-order valence-corrected chi connectivity index (χ4v) is 1.41. The standard InChI is InChI=1S/C10H10N2O6/c1-18-6-9(13)4-7-2-3-8(11(14)15)5-10(7)12(16)17/h2-3,5H,4,6H2,1H3. The molecule has 0 fully saturated rings. The molecule has 0 aliphatic heterocycles. The summed E-state index contributed by atoms with van der Waals surface area (Å²) in [4.78, 5) is 31.1. The summed E-state index contributed by atoms with van der Waals surface area (Å²) < 4.78 is 4.61. The van der Waals surface area contributed by atoms with Crippen molar-refractivity contribution in [2.45, 2.75) is 6.42 Å². The molecule has 0 saturated heterocycles. The molecular weight excluding hydrogens is 244 g/mol.